The van der Waals surface area contributed by atoms with Gasteiger partial charge in [0.25, 0.3) is 0 Å². The van der Waals surface area contributed by atoms with Gasteiger partial charge in [0.15, 0.2) is 0 Å². The summed E-state index contributed by atoms with van der Waals surface area (Å²) in [6.07, 6.45) is 2.72. The molecule has 0 aliphatic carbocycles. The Morgan fingerprint density at radius 1 is 1.53 bits per heavy atom. The molecule has 0 bridgehead atoms. The van der Waals surface area contributed by atoms with E-state index in [0.717, 1.165) is 31.5 Å². The summed E-state index contributed by atoms with van der Waals surface area (Å²) in [5, 5.41) is 4.07. The molecule has 2 heterocycles. The molecule has 0 N–H and O–H groups in total. The Bertz CT molecular complexity index is 317. The molecule has 0 unspecified atom stereocenters. The van der Waals surface area contributed by atoms with Gasteiger partial charge in [-0.15, -0.1) is 0 Å². The average molecular weight is 288 g/mol. The van der Waals surface area contributed by atoms with Crippen molar-refractivity contribution in [3.63, 3.8) is 0 Å². The van der Waals surface area contributed by atoms with Gasteiger partial charge in [-0.1, -0.05) is 15.9 Å². The molecule has 0 saturated carbocycles. The van der Waals surface area contributed by atoms with Crippen molar-refractivity contribution in [1.29, 1.82) is 0 Å². The molecular weight excluding hydrogens is 274 g/mol. The van der Waals surface area contributed by atoms with E-state index in [0.29, 0.717) is 11.2 Å². The van der Waals surface area contributed by atoms with E-state index in [4.69, 9.17) is 0 Å². The van der Waals surface area contributed by atoms with Gasteiger partial charge in [0.2, 0.25) is 5.91 Å². The van der Waals surface area contributed by atoms with Gasteiger partial charge in [-0.25, -0.2) is 0 Å². The van der Waals surface area contributed by atoms with Crippen molar-refractivity contribution in [3.8, 4) is 0 Å². The van der Waals surface area contributed by atoms with Crippen LogP contribution in [0.15, 0.2) is 16.8 Å². The first-order valence-corrected chi connectivity index (χ1v) is 7.04. The highest BCUT2D eigenvalue weighted by molar-refractivity contribution is 9.09. The van der Waals surface area contributed by atoms with E-state index >= 15 is 0 Å². The molecule has 82 valence electrons. The summed E-state index contributed by atoms with van der Waals surface area (Å²) in [5.74, 6) is 0.271. The van der Waals surface area contributed by atoms with Crippen LogP contribution in [0.2, 0.25) is 0 Å². The second kappa shape index (κ2) is 5.12. The third-order valence-electron chi connectivity index (χ3n) is 2.71. The minimum absolute atomic E-state index is 0.271. The van der Waals surface area contributed by atoms with E-state index in [1.54, 1.807) is 11.3 Å². The van der Waals surface area contributed by atoms with Crippen LogP contribution in [0.5, 0.6) is 0 Å². The molecule has 1 aromatic rings. The number of alkyl halides is 1. The first kappa shape index (κ1) is 11.1. The van der Waals surface area contributed by atoms with Gasteiger partial charge in [0.05, 0.1) is 6.42 Å². The van der Waals surface area contributed by atoms with Gasteiger partial charge in [-0.05, 0) is 35.2 Å². The summed E-state index contributed by atoms with van der Waals surface area (Å²) in [4.78, 5) is 14.5. The highest BCUT2D eigenvalue weighted by Crippen LogP contribution is 2.18. The fourth-order valence-electron chi connectivity index (χ4n) is 1.78. The Balaban J connectivity index is 1.86. The molecule has 1 aliphatic heterocycles. The van der Waals surface area contributed by atoms with Crippen LogP contribution in [0, 0.1) is 0 Å². The lowest BCUT2D eigenvalue weighted by atomic mass is 10.1. The monoisotopic (exact) mass is 287 g/mol. The molecule has 1 fully saturated rings. The zero-order valence-corrected chi connectivity index (χ0v) is 10.9. The zero-order chi connectivity index (χ0) is 10.7. The molecule has 1 amide bonds. The predicted octanol–water partition coefficient (Wildman–Crippen LogP) is 2.68. The van der Waals surface area contributed by atoms with Crippen LogP contribution < -0.4 is 0 Å². The molecule has 1 aliphatic rings. The second-order valence-corrected chi connectivity index (χ2v) is 5.94. The van der Waals surface area contributed by atoms with Gasteiger partial charge in [0.1, 0.15) is 0 Å². The maximum Gasteiger partial charge on any atom is 0.227 e. The number of hydrogen-bond acceptors (Lipinski definition) is 2. The summed E-state index contributed by atoms with van der Waals surface area (Å²) in [5.41, 5.74) is 1.14. The van der Waals surface area contributed by atoms with E-state index in [1.807, 2.05) is 16.3 Å². The number of nitrogens with zero attached hydrogens (tertiary/aromatic N) is 1. The number of carbonyl (C=O) groups excluding carboxylic acids is 1. The van der Waals surface area contributed by atoms with Crippen molar-refractivity contribution >= 4 is 33.2 Å². The summed E-state index contributed by atoms with van der Waals surface area (Å²) in [6.45, 7) is 1.80. The van der Waals surface area contributed by atoms with Crippen LogP contribution in [0.1, 0.15) is 18.4 Å². The van der Waals surface area contributed by atoms with Gasteiger partial charge in [-0.3, -0.25) is 4.79 Å². The Morgan fingerprint density at radius 2 is 2.27 bits per heavy atom. The first-order valence-electron chi connectivity index (χ1n) is 5.18. The highest BCUT2D eigenvalue weighted by atomic mass is 79.9. The van der Waals surface area contributed by atoms with Crippen LogP contribution in [0.3, 0.4) is 0 Å². The lowest BCUT2D eigenvalue weighted by molar-refractivity contribution is -0.131. The van der Waals surface area contributed by atoms with Gasteiger partial charge in [-0.2, -0.15) is 11.3 Å². The van der Waals surface area contributed by atoms with Crippen molar-refractivity contribution in [2.75, 3.05) is 13.1 Å². The number of piperidine rings is 1. The van der Waals surface area contributed by atoms with E-state index < -0.39 is 0 Å². The molecule has 0 spiro atoms. The van der Waals surface area contributed by atoms with Crippen LogP contribution in [-0.4, -0.2) is 28.7 Å². The lowest BCUT2D eigenvalue weighted by Crippen LogP contribution is -2.39. The van der Waals surface area contributed by atoms with Crippen LogP contribution in [0.25, 0.3) is 0 Å². The molecule has 1 aromatic heterocycles. The average Bonchev–Trinajstić information content (AvgIpc) is 2.71. The first-order chi connectivity index (χ1) is 7.25. The maximum atomic E-state index is 11.9. The van der Waals surface area contributed by atoms with Crippen molar-refractivity contribution in [1.82, 2.24) is 4.90 Å². The van der Waals surface area contributed by atoms with Crippen molar-refractivity contribution < 1.29 is 4.79 Å². The molecule has 0 aromatic carbocycles. The number of rotatable bonds is 2. The molecular formula is C11H14BrNOS. The molecule has 15 heavy (non-hydrogen) atoms. The van der Waals surface area contributed by atoms with E-state index in [9.17, 15) is 4.79 Å². The molecule has 1 saturated heterocycles. The third kappa shape index (κ3) is 3.05. The van der Waals surface area contributed by atoms with Crippen LogP contribution in [-0.2, 0) is 11.2 Å². The summed E-state index contributed by atoms with van der Waals surface area (Å²) >= 11 is 5.24. The Morgan fingerprint density at radius 3 is 2.87 bits per heavy atom. The van der Waals surface area contributed by atoms with E-state index in [-0.39, 0.29) is 5.91 Å². The second-order valence-electron chi connectivity index (χ2n) is 3.86. The van der Waals surface area contributed by atoms with Crippen molar-refractivity contribution in [3.05, 3.63) is 22.4 Å². The number of halogens is 1. The van der Waals surface area contributed by atoms with Crippen molar-refractivity contribution in [2.45, 2.75) is 24.1 Å². The number of carbonyl (C=O) groups is 1. The molecule has 0 radical (unpaired) electrons. The van der Waals surface area contributed by atoms with Gasteiger partial charge in [0, 0.05) is 17.9 Å². The van der Waals surface area contributed by atoms with E-state index in [1.165, 1.54) is 0 Å². The normalized spacial score (nSPS) is 18.1. The number of hydrogen-bond donors (Lipinski definition) is 0. The van der Waals surface area contributed by atoms with Crippen molar-refractivity contribution in [2.24, 2.45) is 0 Å². The van der Waals surface area contributed by atoms with Gasteiger partial charge >= 0.3 is 0 Å². The SMILES string of the molecule is O=C(Cc1ccsc1)N1CCC(Br)CC1. The largest absolute Gasteiger partial charge is 0.342 e. The lowest BCUT2D eigenvalue weighted by Gasteiger charge is -2.29. The minimum Gasteiger partial charge on any atom is -0.342 e. The molecule has 2 nitrogen and oxygen atoms in total. The van der Waals surface area contributed by atoms with E-state index in [2.05, 4.69) is 21.3 Å². The zero-order valence-electron chi connectivity index (χ0n) is 8.49. The summed E-state index contributed by atoms with van der Waals surface area (Å²) < 4.78 is 0. The summed E-state index contributed by atoms with van der Waals surface area (Å²) in [6, 6.07) is 2.03. The summed E-state index contributed by atoms with van der Waals surface area (Å²) in [7, 11) is 0. The topological polar surface area (TPSA) is 20.3 Å². The van der Waals surface area contributed by atoms with Gasteiger partial charge < -0.3 is 4.90 Å². The predicted molar refractivity (Wildman–Crippen MR) is 66.6 cm³/mol. The molecule has 0 atom stereocenters. The maximum absolute atomic E-state index is 11.9. The number of thiophene rings is 1. The number of likely N-dealkylation sites (tertiary alicyclic amines) is 1. The Labute approximate surface area is 102 Å². The quantitative estimate of drug-likeness (QED) is 0.766. The Hall–Kier alpha value is -0.350. The van der Waals surface area contributed by atoms with Crippen LogP contribution in [0.4, 0.5) is 0 Å². The third-order valence-corrected chi connectivity index (χ3v) is 4.36. The Kier molecular flexibility index (Phi) is 3.81. The minimum atomic E-state index is 0.271. The highest BCUT2D eigenvalue weighted by Gasteiger charge is 2.20. The standard InChI is InChI=1S/C11H14BrNOS/c12-10-1-4-13(5-2-10)11(14)7-9-3-6-15-8-9/h3,6,8,10H,1-2,4-5,7H2. The molecule has 2 rings (SSSR count). The fraction of sp³-hybridized carbons (Fsp3) is 0.545. The smallest absolute Gasteiger partial charge is 0.227 e. The fourth-order valence-corrected chi connectivity index (χ4v) is 2.86. The molecule has 4 heteroatoms. The van der Waals surface area contributed by atoms with Crippen LogP contribution >= 0.6 is 27.3 Å². The number of amides is 1.